The number of unbranched alkanes of at least 4 members (excludes halogenated alkanes) is 1. The summed E-state index contributed by atoms with van der Waals surface area (Å²) < 4.78 is 22.3. The summed E-state index contributed by atoms with van der Waals surface area (Å²) in [7, 11) is -1.67. The van der Waals surface area contributed by atoms with Gasteiger partial charge in [-0.1, -0.05) is 43.7 Å². The van der Waals surface area contributed by atoms with Crippen LogP contribution < -0.4 is 0 Å². The second-order valence-corrected chi connectivity index (χ2v) is 5.64. The maximum Gasteiger partial charge on any atom is 0.353 e. The van der Waals surface area contributed by atoms with Gasteiger partial charge in [-0.25, -0.2) is 0 Å². The minimum absolute atomic E-state index is 0.459. The fourth-order valence-corrected chi connectivity index (χ4v) is 2.29. The van der Waals surface area contributed by atoms with E-state index in [0.717, 1.165) is 18.4 Å². The van der Waals surface area contributed by atoms with E-state index in [1.54, 1.807) is 6.08 Å². The van der Waals surface area contributed by atoms with Gasteiger partial charge in [-0.05, 0) is 18.1 Å². The van der Waals surface area contributed by atoms with Crippen LogP contribution in [-0.2, 0) is 13.6 Å². The molecule has 0 N–H and O–H groups in total. The van der Waals surface area contributed by atoms with Crippen molar-refractivity contribution in [3.05, 3.63) is 41.7 Å². The molecule has 0 bridgehead atoms. The van der Waals surface area contributed by atoms with Crippen LogP contribution in [-0.4, -0.2) is 13.7 Å². The lowest BCUT2D eigenvalue weighted by molar-refractivity contribution is 0.239. The molecule has 3 nitrogen and oxygen atoms in total. The first kappa shape index (κ1) is 14.2. The fourth-order valence-electron chi connectivity index (χ4n) is 1.23. The van der Waals surface area contributed by atoms with Crippen molar-refractivity contribution in [2.45, 2.75) is 19.8 Å². The van der Waals surface area contributed by atoms with Gasteiger partial charge in [0.05, 0.1) is 6.61 Å². The van der Waals surface area contributed by atoms with Crippen molar-refractivity contribution in [1.82, 2.24) is 0 Å². The Hall–Kier alpha value is -0.890. The van der Waals surface area contributed by atoms with Crippen LogP contribution in [0, 0.1) is 0 Å². The molecule has 1 atom stereocenters. The van der Waals surface area contributed by atoms with Gasteiger partial charge in [0.1, 0.15) is 0 Å². The van der Waals surface area contributed by atoms with E-state index >= 15 is 0 Å². The van der Waals surface area contributed by atoms with Crippen LogP contribution in [0.15, 0.2) is 36.1 Å². The molecule has 0 saturated carbocycles. The Kier molecular flexibility index (Phi) is 6.20. The molecule has 0 fully saturated rings. The Morgan fingerprint density at radius 1 is 1.29 bits per heavy atom. The minimum atomic E-state index is -3.08. The van der Waals surface area contributed by atoms with Crippen molar-refractivity contribution in [1.29, 1.82) is 0 Å². The smallest absolute Gasteiger partial charge is 0.309 e. The van der Waals surface area contributed by atoms with Gasteiger partial charge in [0.15, 0.2) is 0 Å². The summed E-state index contributed by atoms with van der Waals surface area (Å²) >= 11 is 0. The van der Waals surface area contributed by atoms with Crippen molar-refractivity contribution in [2.75, 3.05) is 13.7 Å². The number of rotatable bonds is 7. The summed E-state index contributed by atoms with van der Waals surface area (Å²) in [6, 6.07) is 9.65. The first-order valence-corrected chi connectivity index (χ1v) is 7.35. The molecule has 0 amide bonds. The lowest BCUT2D eigenvalue weighted by atomic mass is 10.2. The monoisotopic (exact) mass is 254 g/mol. The average molecular weight is 254 g/mol. The van der Waals surface area contributed by atoms with Gasteiger partial charge < -0.3 is 9.05 Å². The summed E-state index contributed by atoms with van der Waals surface area (Å²) in [5.41, 5.74) is 0.976. The lowest BCUT2D eigenvalue weighted by Gasteiger charge is -2.11. The molecule has 0 aliphatic rings. The molecule has 0 saturated heterocycles. The summed E-state index contributed by atoms with van der Waals surface area (Å²) in [5, 5.41) is 0. The Bertz CT molecular complexity index is 387. The average Bonchev–Trinajstić information content (AvgIpc) is 2.38. The van der Waals surface area contributed by atoms with Crippen LogP contribution in [0.5, 0.6) is 0 Å². The van der Waals surface area contributed by atoms with E-state index in [-0.39, 0.29) is 0 Å². The number of benzene rings is 1. The summed E-state index contributed by atoms with van der Waals surface area (Å²) in [5.74, 6) is 1.51. The third-order valence-corrected chi connectivity index (χ3v) is 3.84. The third kappa shape index (κ3) is 5.31. The summed E-state index contributed by atoms with van der Waals surface area (Å²) in [6.45, 7) is 2.52. The van der Waals surface area contributed by atoms with Gasteiger partial charge in [0.25, 0.3) is 0 Å². The van der Waals surface area contributed by atoms with E-state index in [2.05, 4.69) is 6.92 Å². The second kappa shape index (κ2) is 7.44. The highest BCUT2D eigenvalue weighted by Crippen LogP contribution is 2.49. The highest BCUT2D eigenvalue weighted by Gasteiger charge is 2.17. The van der Waals surface area contributed by atoms with Gasteiger partial charge >= 0.3 is 7.60 Å². The molecule has 4 heteroatoms. The Balaban J connectivity index is 2.62. The second-order valence-electron chi connectivity index (χ2n) is 3.64. The van der Waals surface area contributed by atoms with Crippen LogP contribution >= 0.6 is 7.60 Å². The van der Waals surface area contributed by atoms with Crippen LogP contribution in [0.25, 0.3) is 6.08 Å². The molecular weight excluding hydrogens is 235 g/mol. The van der Waals surface area contributed by atoms with Crippen LogP contribution in [0.4, 0.5) is 0 Å². The van der Waals surface area contributed by atoms with E-state index < -0.39 is 7.60 Å². The fraction of sp³-hybridized carbons (Fsp3) is 0.385. The minimum Gasteiger partial charge on any atom is -0.309 e. The van der Waals surface area contributed by atoms with Gasteiger partial charge in [0, 0.05) is 12.9 Å². The van der Waals surface area contributed by atoms with Crippen molar-refractivity contribution < 1.29 is 13.6 Å². The van der Waals surface area contributed by atoms with Crippen molar-refractivity contribution in [2.24, 2.45) is 0 Å². The zero-order chi connectivity index (χ0) is 12.6. The molecule has 0 heterocycles. The Labute approximate surface area is 103 Å². The van der Waals surface area contributed by atoms with E-state index in [4.69, 9.17) is 9.05 Å². The van der Waals surface area contributed by atoms with E-state index in [0.29, 0.717) is 6.61 Å². The molecule has 0 radical (unpaired) electrons. The molecular formula is C13H19O3P. The molecule has 1 aromatic carbocycles. The number of hydrogen-bond donors (Lipinski definition) is 0. The van der Waals surface area contributed by atoms with Gasteiger partial charge in [-0.2, -0.15) is 0 Å². The molecule has 1 rings (SSSR count). The predicted octanol–water partition coefficient (Wildman–Crippen LogP) is 4.31. The normalized spacial score (nSPS) is 14.9. The molecule has 0 aliphatic carbocycles. The predicted molar refractivity (Wildman–Crippen MR) is 71.0 cm³/mol. The largest absolute Gasteiger partial charge is 0.353 e. The molecule has 94 valence electrons. The maximum atomic E-state index is 12.1. The summed E-state index contributed by atoms with van der Waals surface area (Å²) in [6.07, 6.45) is 3.65. The zero-order valence-corrected chi connectivity index (χ0v) is 11.2. The van der Waals surface area contributed by atoms with Crippen LogP contribution in [0.3, 0.4) is 0 Å². The van der Waals surface area contributed by atoms with E-state index in [1.807, 2.05) is 30.3 Å². The quantitative estimate of drug-likeness (QED) is 0.537. The Morgan fingerprint density at radius 3 is 2.59 bits per heavy atom. The van der Waals surface area contributed by atoms with Crippen molar-refractivity contribution in [3.8, 4) is 0 Å². The molecule has 1 aromatic rings. The standard InChI is InChI=1S/C13H19O3P/c1-3-4-11-16-17(14,15-2)12-10-13-8-6-5-7-9-13/h5-10,12H,3-4,11H2,1-2H3. The van der Waals surface area contributed by atoms with Gasteiger partial charge in [-0.3, -0.25) is 4.57 Å². The highest BCUT2D eigenvalue weighted by atomic mass is 31.2. The third-order valence-electron chi connectivity index (χ3n) is 2.27. The van der Waals surface area contributed by atoms with Crippen molar-refractivity contribution in [3.63, 3.8) is 0 Å². The molecule has 1 unspecified atom stereocenters. The zero-order valence-electron chi connectivity index (χ0n) is 10.3. The van der Waals surface area contributed by atoms with Gasteiger partial charge in [-0.15, -0.1) is 0 Å². The van der Waals surface area contributed by atoms with E-state index in [1.165, 1.54) is 12.9 Å². The molecule has 0 aromatic heterocycles. The van der Waals surface area contributed by atoms with Crippen molar-refractivity contribution >= 4 is 13.7 Å². The van der Waals surface area contributed by atoms with Gasteiger partial charge in [0.2, 0.25) is 0 Å². The summed E-state index contributed by atoms with van der Waals surface area (Å²) in [4.78, 5) is 0. The number of hydrogen-bond acceptors (Lipinski definition) is 3. The lowest BCUT2D eigenvalue weighted by Crippen LogP contribution is -1.92. The molecule has 17 heavy (non-hydrogen) atoms. The van der Waals surface area contributed by atoms with E-state index in [9.17, 15) is 4.57 Å². The van der Waals surface area contributed by atoms with Crippen LogP contribution in [0.1, 0.15) is 25.3 Å². The first-order valence-electron chi connectivity index (χ1n) is 5.74. The first-order chi connectivity index (χ1) is 8.20. The highest BCUT2D eigenvalue weighted by molar-refractivity contribution is 7.57. The molecule has 0 aliphatic heterocycles. The Morgan fingerprint density at radius 2 is 2.00 bits per heavy atom. The van der Waals surface area contributed by atoms with Crippen LogP contribution in [0.2, 0.25) is 0 Å². The molecule has 0 spiro atoms. The maximum absolute atomic E-state index is 12.1. The SMILES string of the molecule is CCCCOP(=O)(C=Cc1ccccc1)OC. The topological polar surface area (TPSA) is 35.5 Å².